The Balaban J connectivity index is 1.59. The van der Waals surface area contributed by atoms with Crippen LogP contribution in [0.3, 0.4) is 0 Å². The summed E-state index contributed by atoms with van der Waals surface area (Å²) in [6.07, 6.45) is 5.13. The van der Waals surface area contributed by atoms with Crippen LogP contribution in [0.5, 0.6) is 0 Å². The van der Waals surface area contributed by atoms with Gasteiger partial charge in [-0.05, 0) is 59.1 Å². The standard InChI is InChI=1S/C25H26BrFN4O2/c26-18-6-3-7-20-22(18)23(33)28-24-30(16-4-1-2-5-16)21-14-17(8-9-19(21)31(20)24)29-12-10-25(27,15-32)11-13-29/h3,6-9,14,16,32H,1-2,4-5,10-13,15H2. The van der Waals surface area contributed by atoms with Crippen molar-refractivity contribution in [1.29, 1.82) is 0 Å². The van der Waals surface area contributed by atoms with Gasteiger partial charge < -0.3 is 14.6 Å². The second kappa shape index (κ2) is 7.81. The largest absolute Gasteiger partial charge is 0.393 e. The Labute approximate surface area is 198 Å². The molecule has 33 heavy (non-hydrogen) atoms. The Morgan fingerprint density at radius 3 is 2.58 bits per heavy atom. The summed E-state index contributed by atoms with van der Waals surface area (Å²) in [6, 6.07) is 12.4. The summed E-state index contributed by atoms with van der Waals surface area (Å²) in [5, 5.41) is 9.97. The second-order valence-corrected chi connectivity index (χ2v) is 10.3. The smallest absolute Gasteiger partial charge is 0.283 e. The minimum atomic E-state index is -1.48. The molecule has 0 atom stereocenters. The molecule has 0 unspecified atom stereocenters. The number of aliphatic hydroxyl groups excluding tert-OH is 1. The highest BCUT2D eigenvalue weighted by Crippen LogP contribution is 2.38. The van der Waals surface area contributed by atoms with Gasteiger partial charge in [-0.25, -0.2) is 4.39 Å². The number of aliphatic hydroxyl groups is 1. The molecule has 1 saturated heterocycles. The first kappa shape index (κ1) is 21.1. The molecule has 0 radical (unpaired) electrons. The van der Waals surface area contributed by atoms with E-state index in [2.05, 4.69) is 53.0 Å². The molecule has 0 amide bonds. The van der Waals surface area contributed by atoms with Gasteiger partial charge in [0.15, 0.2) is 0 Å². The van der Waals surface area contributed by atoms with Gasteiger partial charge in [-0.1, -0.05) is 18.9 Å². The van der Waals surface area contributed by atoms with Crippen LogP contribution in [0.2, 0.25) is 0 Å². The summed E-state index contributed by atoms with van der Waals surface area (Å²) >= 11 is 3.53. The number of nitrogens with zero attached hydrogens (tertiary/aromatic N) is 4. The van der Waals surface area contributed by atoms with Crippen LogP contribution in [0.4, 0.5) is 10.1 Å². The van der Waals surface area contributed by atoms with Gasteiger partial charge in [0.2, 0.25) is 5.78 Å². The predicted molar refractivity (Wildman–Crippen MR) is 132 cm³/mol. The third-order valence-electron chi connectivity index (χ3n) is 7.52. The number of anilines is 1. The van der Waals surface area contributed by atoms with E-state index in [1.165, 1.54) is 12.8 Å². The molecular weight excluding hydrogens is 487 g/mol. The van der Waals surface area contributed by atoms with Gasteiger partial charge in [0.05, 0.1) is 28.5 Å². The number of rotatable bonds is 3. The lowest BCUT2D eigenvalue weighted by molar-refractivity contribution is 0.0481. The lowest BCUT2D eigenvalue weighted by Crippen LogP contribution is -2.43. The number of hydrogen-bond acceptors (Lipinski definition) is 4. The van der Waals surface area contributed by atoms with E-state index in [0.717, 1.165) is 39.6 Å². The Morgan fingerprint density at radius 2 is 1.85 bits per heavy atom. The van der Waals surface area contributed by atoms with Crippen LogP contribution in [0, 0.1) is 0 Å². The van der Waals surface area contributed by atoms with Crippen LogP contribution in [-0.4, -0.2) is 44.4 Å². The molecule has 8 heteroatoms. The zero-order chi connectivity index (χ0) is 22.7. The van der Waals surface area contributed by atoms with Crippen LogP contribution in [-0.2, 0) is 0 Å². The van der Waals surface area contributed by atoms with E-state index in [1.54, 1.807) is 0 Å². The third kappa shape index (κ3) is 3.29. The molecule has 2 fully saturated rings. The highest BCUT2D eigenvalue weighted by atomic mass is 79.9. The average molecular weight is 513 g/mol. The number of alkyl halides is 1. The molecule has 1 N–H and O–H groups in total. The minimum absolute atomic E-state index is 0.223. The van der Waals surface area contributed by atoms with Crippen molar-refractivity contribution in [2.75, 3.05) is 24.6 Å². The fourth-order valence-corrected chi connectivity index (χ4v) is 6.18. The van der Waals surface area contributed by atoms with Crippen LogP contribution in [0.15, 0.2) is 45.7 Å². The highest BCUT2D eigenvalue weighted by Gasteiger charge is 2.34. The van der Waals surface area contributed by atoms with E-state index < -0.39 is 12.3 Å². The van der Waals surface area contributed by atoms with Crippen molar-refractivity contribution >= 4 is 49.3 Å². The van der Waals surface area contributed by atoms with Gasteiger partial charge in [0.25, 0.3) is 5.56 Å². The quantitative estimate of drug-likeness (QED) is 0.420. The van der Waals surface area contributed by atoms with Gasteiger partial charge in [-0.2, -0.15) is 4.98 Å². The number of benzene rings is 2. The molecule has 1 saturated carbocycles. The molecule has 0 spiro atoms. The zero-order valence-electron chi connectivity index (χ0n) is 18.3. The predicted octanol–water partition coefficient (Wildman–Crippen LogP) is 4.98. The van der Waals surface area contributed by atoms with E-state index in [0.29, 0.717) is 43.1 Å². The molecule has 6 rings (SSSR count). The number of imidazole rings is 1. The highest BCUT2D eigenvalue weighted by molar-refractivity contribution is 9.10. The maximum Gasteiger partial charge on any atom is 0.283 e. The fraction of sp³-hybridized carbons (Fsp3) is 0.440. The lowest BCUT2D eigenvalue weighted by Gasteiger charge is -2.36. The van der Waals surface area contributed by atoms with Crippen LogP contribution in [0.25, 0.3) is 27.7 Å². The first-order valence-electron chi connectivity index (χ1n) is 11.7. The van der Waals surface area contributed by atoms with Crippen molar-refractivity contribution in [3.05, 3.63) is 51.2 Å². The molecule has 6 nitrogen and oxygen atoms in total. The average Bonchev–Trinajstić information content (AvgIpc) is 3.45. The number of halogens is 2. The first-order valence-corrected chi connectivity index (χ1v) is 12.5. The van der Waals surface area contributed by atoms with E-state index in [1.807, 2.05) is 18.2 Å². The number of hydrogen-bond donors (Lipinski definition) is 1. The third-order valence-corrected chi connectivity index (χ3v) is 8.18. The molecule has 1 aliphatic heterocycles. The molecule has 2 aliphatic rings. The Bertz CT molecular complexity index is 1430. The Kier molecular flexibility index (Phi) is 4.99. The molecule has 1 aliphatic carbocycles. The van der Waals surface area contributed by atoms with Gasteiger partial charge in [-0.3, -0.25) is 9.20 Å². The zero-order valence-corrected chi connectivity index (χ0v) is 19.9. The molecule has 3 heterocycles. The van der Waals surface area contributed by atoms with Crippen molar-refractivity contribution < 1.29 is 9.50 Å². The summed E-state index contributed by atoms with van der Waals surface area (Å²) < 4.78 is 19.7. The molecule has 2 aromatic heterocycles. The summed E-state index contributed by atoms with van der Waals surface area (Å²) in [7, 11) is 0. The molecule has 172 valence electrons. The van der Waals surface area contributed by atoms with Crippen molar-refractivity contribution in [2.24, 2.45) is 0 Å². The summed E-state index contributed by atoms with van der Waals surface area (Å²) in [4.78, 5) is 19.8. The Morgan fingerprint density at radius 1 is 1.09 bits per heavy atom. The molecule has 2 aromatic carbocycles. The number of aromatic nitrogens is 3. The number of fused-ring (bicyclic) bond motifs is 5. The van der Waals surface area contributed by atoms with Crippen molar-refractivity contribution in [2.45, 2.75) is 50.2 Å². The van der Waals surface area contributed by atoms with Gasteiger partial charge in [0, 0.05) is 42.1 Å². The van der Waals surface area contributed by atoms with E-state index in [-0.39, 0.29) is 5.56 Å². The topological polar surface area (TPSA) is 62.8 Å². The summed E-state index contributed by atoms with van der Waals surface area (Å²) in [6.45, 7) is 0.717. The molecular formula is C25H26BrFN4O2. The lowest BCUT2D eigenvalue weighted by atomic mass is 9.94. The summed E-state index contributed by atoms with van der Waals surface area (Å²) in [5.41, 5.74) is 2.26. The van der Waals surface area contributed by atoms with Crippen molar-refractivity contribution in [3.8, 4) is 0 Å². The first-order chi connectivity index (χ1) is 16.0. The normalized spacial score (nSPS) is 19.3. The molecule has 0 bridgehead atoms. The van der Waals surface area contributed by atoms with Crippen molar-refractivity contribution in [3.63, 3.8) is 0 Å². The SMILES string of the molecule is O=c1nc2n(C3CCCC3)c3cc(N4CCC(F)(CO)CC4)ccc3n2c2cccc(Br)c12. The maximum atomic E-state index is 14.5. The monoisotopic (exact) mass is 512 g/mol. The van der Waals surface area contributed by atoms with E-state index in [9.17, 15) is 14.3 Å². The van der Waals surface area contributed by atoms with Crippen LogP contribution >= 0.6 is 15.9 Å². The maximum absolute atomic E-state index is 14.5. The van der Waals surface area contributed by atoms with Gasteiger partial charge in [0.1, 0.15) is 5.67 Å². The van der Waals surface area contributed by atoms with E-state index in [4.69, 9.17) is 0 Å². The van der Waals surface area contributed by atoms with E-state index >= 15 is 0 Å². The van der Waals surface area contributed by atoms with Crippen LogP contribution in [0.1, 0.15) is 44.6 Å². The van der Waals surface area contributed by atoms with Crippen LogP contribution < -0.4 is 10.5 Å². The van der Waals surface area contributed by atoms with Gasteiger partial charge >= 0.3 is 0 Å². The summed E-state index contributed by atoms with van der Waals surface area (Å²) in [5.74, 6) is 0.686. The van der Waals surface area contributed by atoms with Crippen molar-refractivity contribution in [1.82, 2.24) is 14.0 Å². The fourth-order valence-electron chi connectivity index (χ4n) is 5.66. The minimum Gasteiger partial charge on any atom is -0.393 e. The second-order valence-electron chi connectivity index (χ2n) is 9.46. The molecule has 4 aromatic rings. The Hall–Kier alpha value is -2.45. The number of piperidine rings is 1. The van der Waals surface area contributed by atoms with Gasteiger partial charge in [-0.15, -0.1) is 0 Å².